The number of aliphatic hydroxyl groups is 1. The van der Waals surface area contributed by atoms with Crippen molar-refractivity contribution in [2.75, 3.05) is 31.7 Å². The van der Waals surface area contributed by atoms with E-state index >= 15 is 0 Å². The van der Waals surface area contributed by atoms with Gasteiger partial charge >= 0.3 is 0 Å². The third-order valence-electron chi connectivity index (χ3n) is 2.97. The third kappa shape index (κ3) is 3.93. The van der Waals surface area contributed by atoms with Crippen molar-refractivity contribution in [2.24, 2.45) is 4.99 Å². The highest BCUT2D eigenvalue weighted by atomic mass is 32.2. The number of fused-ring (bicyclic) bond motifs is 1. The molecule has 8 heteroatoms. The summed E-state index contributed by atoms with van der Waals surface area (Å²) >= 11 is 0. The first kappa shape index (κ1) is 15.7. The van der Waals surface area contributed by atoms with E-state index in [1.54, 1.807) is 12.1 Å². The molecule has 1 aromatic rings. The third-order valence-corrected chi connectivity index (χ3v) is 4.35. The molecule has 0 atom stereocenters. The number of sulfonamides is 1. The van der Waals surface area contributed by atoms with Crippen LogP contribution < -0.4 is 10.0 Å². The molecule has 0 aromatic heterocycles. The molecule has 0 bridgehead atoms. The topological polar surface area (TPSA) is 100 Å². The standard InChI is InChI=1S/C13H19N3O4S/c1-2-10-3-4-11-12(9-10)21(18,19)16-13(15-11)14-5-7-20-8-6-17/h3-4,9,17H,2,5-8H2,1H3,(H2,14,15,16). The van der Waals surface area contributed by atoms with Crippen molar-refractivity contribution >= 4 is 21.7 Å². The molecule has 1 aliphatic rings. The van der Waals surface area contributed by atoms with Crippen molar-refractivity contribution in [3.8, 4) is 0 Å². The zero-order chi connectivity index (χ0) is 15.3. The lowest BCUT2D eigenvalue weighted by Crippen LogP contribution is -2.41. The monoisotopic (exact) mass is 313 g/mol. The number of benzene rings is 1. The van der Waals surface area contributed by atoms with E-state index in [2.05, 4.69) is 15.0 Å². The Kier molecular flexibility index (Phi) is 5.16. The molecule has 0 spiro atoms. The first-order chi connectivity index (χ1) is 10.1. The number of anilines is 1. The molecule has 0 unspecified atom stereocenters. The van der Waals surface area contributed by atoms with Gasteiger partial charge in [0.25, 0.3) is 10.0 Å². The molecule has 7 nitrogen and oxygen atoms in total. The van der Waals surface area contributed by atoms with E-state index in [4.69, 9.17) is 9.84 Å². The summed E-state index contributed by atoms with van der Waals surface area (Å²) in [5.74, 6) is 0.180. The number of aryl methyl sites for hydroxylation is 1. The maximum atomic E-state index is 12.2. The van der Waals surface area contributed by atoms with Gasteiger partial charge in [0.1, 0.15) is 4.90 Å². The second-order valence-corrected chi connectivity index (χ2v) is 6.13. The summed E-state index contributed by atoms with van der Waals surface area (Å²) in [4.78, 5) is 4.33. The molecule has 0 amide bonds. The van der Waals surface area contributed by atoms with E-state index < -0.39 is 10.0 Å². The Bertz CT molecular complexity index is 628. The summed E-state index contributed by atoms with van der Waals surface area (Å²) in [6.07, 6.45) is 0.770. The maximum Gasteiger partial charge on any atom is 0.266 e. The van der Waals surface area contributed by atoms with Crippen LogP contribution in [0.3, 0.4) is 0 Å². The fraction of sp³-hybridized carbons (Fsp3) is 0.462. The van der Waals surface area contributed by atoms with Crippen LogP contribution in [0.5, 0.6) is 0 Å². The van der Waals surface area contributed by atoms with Gasteiger partial charge in [-0.15, -0.1) is 0 Å². The van der Waals surface area contributed by atoms with Gasteiger partial charge in [-0.25, -0.2) is 18.1 Å². The Morgan fingerprint density at radius 2 is 2.14 bits per heavy atom. The molecule has 116 valence electrons. The average Bonchev–Trinajstić information content (AvgIpc) is 2.46. The van der Waals surface area contributed by atoms with Gasteiger partial charge in [0, 0.05) is 0 Å². The average molecular weight is 313 g/mol. The zero-order valence-electron chi connectivity index (χ0n) is 11.8. The van der Waals surface area contributed by atoms with E-state index in [1.807, 2.05) is 13.0 Å². The molecule has 0 saturated carbocycles. The predicted molar refractivity (Wildman–Crippen MR) is 80.0 cm³/mol. The molecule has 21 heavy (non-hydrogen) atoms. The van der Waals surface area contributed by atoms with Crippen LogP contribution >= 0.6 is 0 Å². The summed E-state index contributed by atoms with van der Waals surface area (Å²) in [7, 11) is -3.60. The summed E-state index contributed by atoms with van der Waals surface area (Å²) in [5.41, 5.74) is 1.47. The van der Waals surface area contributed by atoms with Gasteiger partial charge in [0.2, 0.25) is 5.96 Å². The Balaban J connectivity index is 2.12. The summed E-state index contributed by atoms with van der Waals surface area (Å²) in [6.45, 7) is 2.78. The van der Waals surface area contributed by atoms with Crippen LogP contribution in [0.15, 0.2) is 28.1 Å². The van der Waals surface area contributed by atoms with Crippen molar-refractivity contribution in [2.45, 2.75) is 18.2 Å². The van der Waals surface area contributed by atoms with Crippen LogP contribution in [0.2, 0.25) is 0 Å². The lowest BCUT2D eigenvalue weighted by atomic mass is 10.1. The number of hydrogen-bond acceptors (Lipinski definition) is 5. The number of aliphatic hydroxyl groups excluding tert-OH is 1. The minimum Gasteiger partial charge on any atom is -0.394 e. The van der Waals surface area contributed by atoms with Crippen LogP contribution in [-0.2, 0) is 21.2 Å². The number of ether oxygens (including phenoxy) is 1. The number of rotatable bonds is 6. The van der Waals surface area contributed by atoms with Crippen molar-refractivity contribution in [3.63, 3.8) is 0 Å². The van der Waals surface area contributed by atoms with Gasteiger partial charge in [-0.1, -0.05) is 13.0 Å². The molecule has 2 rings (SSSR count). The van der Waals surface area contributed by atoms with E-state index in [0.717, 1.165) is 12.0 Å². The van der Waals surface area contributed by atoms with Crippen molar-refractivity contribution < 1.29 is 18.3 Å². The fourth-order valence-corrected chi connectivity index (χ4v) is 3.10. The minimum absolute atomic E-state index is 0.0470. The Morgan fingerprint density at radius 1 is 1.33 bits per heavy atom. The maximum absolute atomic E-state index is 12.2. The SMILES string of the molecule is CCc1ccc2c(c1)S(=O)(=O)NC(=NCCOCCO)N2. The second kappa shape index (κ2) is 6.88. The lowest BCUT2D eigenvalue weighted by Gasteiger charge is -2.22. The number of hydrogen-bond donors (Lipinski definition) is 3. The highest BCUT2D eigenvalue weighted by Gasteiger charge is 2.26. The van der Waals surface area contributed by atoms with Crippen molar-refractivity contribution in [3.05, 3.63) is 23.8 Å². The van der Waals surface area contributed by atoms with E-state index in [1.165, 1.54) is 0 Å². The van der Waals surface area contributed by atoms with Gasteiger partial charge in [-0.2, -0.15) is 0 Å². The molecule has 0 aliphatic carbocycles. The van der Waals surface area contributed by atoms with E-state index in [0.29, 0.717) is 18.8 Å². The van der Waals surface area contributed by atoms with Gasteiger partial charge < -0.3 is 15.2 Å². The molecule has 0 saturated heterocycles. The minimum atomic E-state index is -3.60. The molecular formula is C13H19N3O4S. The number of aliphatic imine (C=N–C) groups is 1. The van der Waals surface area contributed by atoms with Gasteiger partial charge in [-0.3, -0.25) is 0 Å². The fourth-order valence-electron chi connectivity index (χ4n) is 1.91. The normalized spacial score (nSPS) is 17.9. The van der Waals surface area contributed by atoms with Gasteiger partial charge in [-0.05, 0) is 24.1 Å². The largest absolute Gasteiger partial charge is 0.394 e. The molecular weight excluding hydrogens is 294 g/mol. The van der Waals surface area contributed by atoms with Gasteiger partial charge in [0.05, 0.1) is 32.1 Å². The quantitative estimate of drug-likeness (QED) is 0.657. The molecule has 1 aliphatic heterocycles. The van der Waals surface area contributed by atoms with Crippen LogP contribution in [0.1, 0.15) is 12.5 Å². The Hall–Kier alpha value is -1.64. The van der Waals surface area contributed by atoms with E-state index in [-0.39, 0.29) is 24.1 Å². The summed E-state index contributed by atoms with van der Waals surface area (Å²) < 4.78 is 31.8. The highest BCUT2D eigenvalue weighted by molar-refractivity contribution is 7.90. The zero-order valence-corrected chi connectivity index (χ0v) is 12.6. The molecule has 0 fully saturated rings. The van der Waals surface area contributed by atoms with Crippen LogP contribution in [0, 0.1) is 0 Å². The molecule has 0 radical (unpaired) electrons. The van der Waals surface area contributed by atoms with Gasteiger partial charge in [0.15, 0.2) is 0 Å². The number of nitrogens with one attached hydrogen (secondary N) is 2. The van der Waals surface area contributed by atoms with Crippen molar-refractivity contribution in [1.29, 1.82) is 0 Å². The van der Waals surface area contributed by atoms with E-state index in [9.17, 15) is 8.42 Å². The lowest BCUT2D eigenvalue weighted by molar-refractivity contribution is 0.0978. The number of guanidine groups is 1. The summed E-state index contributed by atoms with van der Waals surface area (Å²) in [6, 6.07) is 5.28. The first-order valence-electron chi connectivity index (χ1n) is 6.72. The Labute approximate surface area is 124 Å². The smallest absolute Gasteiger partial charge is 0.266 e. The van der Waals surface area contributed by atoms with Crippen LogP contribution in [0.25, 0.3) is 0 Å². The molecule has 1 aromatic carbocycles. The Morgan fingerprint density at radius 3 is 2.86 bits per heavy atom. The first-order valence-corrected chi connectivity index (χ1v) is 8.21. The highest BCUT2D eigenvalue weighted by Crippen LogP contribution is 2.25. The number of nitrogens with zero attached hydrogens (tertiary/aromatic N) is 1. The van der Waals surface area contributed by atoms with Crippen LogP contribution in [0.4, 0.5) is 5.69 Å². The second-order valence-electron chi connectivity index (χ2n) is 4.48. The predicted octanol–water partition coefficient (Wildman–Crippen LogP) is 0.318. The molecule has 3 N–H and O–H groups in total. The van der Waals surface area contributed by atoms with Crippen molar-refractivity contribution in [1.82, 2.24) is 4.72 Å². The molecule has 1 heterocycles. The summed E-state index contributed by atoms with van der Waals surface area (Å²) in [5, 5.41) is 11.5. The van der Waals surface area contributed by atoms with Crippen LogP contribution in [-0.4, -0.2) is 45.8 Å².